The number of rotatable bonds is 5. The monoisotopic (exact) mass is 581 g/mol. The second-order valence-electron chi connectivity index (χ2n) is 5.72. The standard InChI is InChI=1S/C9H12N2O5.C7H8N2O5.C3H4.C2H2.CH4.K.H2NO/c1-4-16-8(13)6(15-3)5-7(12)11(2)9(14)10-5;1-9-5(10)4(14-2)3(6(11)12)8-7(9)13;1-3-2;1-2;;;1-2/h4H2,1-3H3,(H,10,14);1-2H3,(H,8,13)(H,11,12);1H,2H3;1-2H;1H4;;1-2H/q;;;;;+1;-1/b6-5+;;;;;;. The summed E-state index contributed by atoms with van der Waals surface area (Å²) in [5.41, 5.74) is -2.32. The summed E-state index contributed by atoms with van der Waals surface area (Å²) in [5.74, 6) is 3.47. The Hall–Kier alpha value is -3.42. The van der Waals surface area contributed by atoms with Gasteiger partial charge in [-0.1, -0.05) is 7.43 Å². The molecule has 39 heavy (non-hydrogen) atoms. The average molecular weight is 582 g/mol. The van der Waals surface area contributed by atoms with Crippen LogP contribution in [0.1, 0.15) is 31.8 Å². The fraction of sp³-hybridized carbons (Fsp3) is 0.364. The van der Waals surface area contributed by atoms with Gasteiger partial charge in [0.25, 0.3) is 11.5 Å². The van der Waals surface area contributed by atoms with Gasteiger partial charge in [0.05, 0.1) is 20.8 Å². The number of amides is 3. The summed E-state index contributed by atoms with van der Waals surface area (Å²) in [7, 11) is 4.89. The predicted molar refractivity (Wildman–Crippen MR) is 135 cm³/mol. The molecule has 17 heteroatoms. The first-order valence-corrected chi connectivity index (χ1v) is 9.51. The number of esters is 1. The molecule has 0 unspecified atom stereocenters. The van der Waals surface area contributed by atoms with Crippen LogP contribution in [0.2, 0.25) is 0 Å². The molecule has 1 aliphatic rings. The normalized spacial score (nSPS) is 11.5. The maximum absolute atomic E-state index is 11.5. The largest absolute Gasteiger partial charge is 1.00 e. The molecule has 16 nitrogen and oxygen atoms in total. The van der Waals surface area contributed by atoms with Crippen LogP contribution in [0.4, 0.5) is 4.79 Å². The zero-order valence-corrected chi connectivity index (χ0v) is 25.0. The number of carboxylic acid groups (broad SMARTS) is 1. The number of urea groups is 1. The van der Waals surface area contributed by atoms with Crippen LogP contribution in [0.5, 0.6) is 5.75 Å². The Labute approximate surface area is 267 Å². The summed E-state index contributed by atoms with van der Waals surface area (Å²) in [6, 6.07) is -0.612. The van der Waals surface area contributed by atoms with Gasteiger partial charge in [0.2, 0.25) is 11.5 Å². The minimum Gasteiger partial charge on any atom is -0.553 e. The van der Waals surface area contributed by atoms with Crippen LogP contribution in [-0.4, -0.2) is 76.5 Å². The maximum atomic E-state index is 11.5. The second-order valence-corrected chi connectivity index (χ2v) is 5.72. The second kappa shape index (κ2) is 24.9. The van der Waals surface area contributed by atoms with Crippen LogP contribution >= 0.6 is 0 Å². The fourth-order valence-electron chi connectivity index (χ4n) is 2.08. The molecule has 1 aliphatic heterocycles. The summed E-state index contributed by atoms with van der Waals surface area (Å²) < 4.78 is 14.8. The summed E-state index contributed by atoms with van der Waals surface area (Å²) in [5, 5.41) is 17.1. The molecule has 0 spiro atoms. The van der Waals surface area contributed by atoms with Crippen molar-refractivity contribution in [3.05, 3.63) is 43.9 Å². The molecule has 2 heterocycles. The third-order valence-corrected chi connectivity index (χ3v) is 3.63. The van der Waals surface area contributed by atoms with E-state index in [0.29, 0.717) is 0 Å². The molecule has 1 fully saturated rings. The molecule has 1 aromatic heterocycles. The smallest absolute Gasteiger partial charge is 0.553 e. The Morgan fingerprint density at radius 2 is 1.56 bits per heavy atom. The van der Waals surface area contributed by atoms with E-state index < -0.39 is 40.8 Å². The number of hydrogen-bond donors (Lipinski definition) is 4. The number of methoxy groups -OCH3 is 2. The van der Waals surface area contributed by atoms with Gasteiger partial charge in [-0.2, -0.15) is 0 Å². The topological polar surface area (TPSA) is 230 Å². The molecule has 1 aromatic rings. The number of likely N-dealkylation sites (N-methyl/N-ethyl adjacent to an activating group) is 1. The van der Waals surface area contributed by atoms with Gasteiger partial charge >= 0.3 is 75.0 Å². The van der Waals surface area contributed by atoms with Crippen molar-refractivity contribution in [2.45, 2.75) is 21.3 Å². The van der Waals surface area contributed by atoms with Crippen LogP contribution in [-0.2, 0) is 26.1 Å². The minimum absolute atomic E-state index is 0. The van der Waals surface area contributed by atoms with Gasteiger partial charge in [-0.3, -0.25) is 29.4 Å². The van der Waals surface area contributed by atoms with Crippen molar-refractivity contribution in [3.8, 4) is 30.9 Å². The molecule has 0 bridgehead atoms. The number of aromatic amines is 1. The number of aromatic nitrogens is 2. The number of imide groups is 1. The number of ether oxygens (including phenoxy) is 3. The van der Waals surface area contributed by atoms with Gasteiger partial charge in [0.1, 0.15) is 0 Å². The number of H-pyrrole nitrogens is 1. The van der Waals surface area contributed by atoms with Gasteiger partial charge in [-0.05, 0) is 13.8 Å². The first-order chi connectivity index (χ1) is 17.4. The van der Waals surface area contributed by atoms with Crippen molar-refractivity contribution in [2.24, 2.45) is 7.05 Å². The van der Waals surface area contributed by atoms with E-state index in [1.54, 1.807) is 13.8 Å². The summed E-state index contributed by atoms with van der Waals surface area (Å²) in [6.45, 7) is 3.42. The molecule has 3 amide bonds. The number of carbonyl (C=O) groups is 4. The third kappa shape index (κ3) is 13.8. The van der Waals surface area contributed by atoms with Crippen molar-refractivity contribution >= 4 is 23.9 Å². The predicted octanol–water partition coefficient (Wildman–Crippen LogP) is -2.67. The van der Waals surface area contributed by atoms with E-state index in [4.69, 9.17) is 20.9 Å². The van der Waals surface area contributed by atoms with Crippen molar-refractivity contribution in [2.75, 3.05) is 27.9 Å². The van der Waals surface area contributed by atoms with Crippen LogP contribution in [0.15, 0.2) is 21.0 Å². The van der Waals surface area contributed by atoms with Crippen LogP contribution in [0, 0.1) is 25.2 Å². The minimum atomic E-state index is -1.42. The molecule has 0 aromatic carbocycles. The Balaban J connectivity index is -0.000000155. The number of terminal acetylenes is 2. The molecule has 5 N–H and O–H groups in total. The van der Waals surface area contributed by atoms with E-state index in [2.05, 4.69) is 40.0 Å². The van der Waals surface area contributed by atoms with Gasteiger partial charge in [-0.25, -0.2) is 19.2 Å². The van der Waals surface area contributed by atoms with E-state index in [1.807, 2.05) is 4.98 Å². The Morgan fingerprint density at radius 3 is 1.87 bits per heavy atom. The number of hydrogen-bond acceptors (Lipinski definition) is 10. The Kier molecular flexibility index (Phi) is 29.0. The van der Waals surface area contributed by atoms with Crippen molar-refractivity contribution in [3.63, 3.8) is 0 Å². The maximum Gasteiger partial charge on any atom is 1.00 e. The van der Waals surface area contributed by atoms with E-state index >= 15 is 0 Å². The molecule has 212 valence electrons. The van der Waals surface area contributed by atoms with E-state index in [1.165, 1.54) is 21.2 Å². The molecule has 1 saturated heterocycles. The van der Waals surface area contributed by atoms with Crippen LogP contribution < -0.4 is 72.7 Å². The molecular formula is C22H32KN5O11. The molecule has 0 atom stereocenters. The van der Waals surface area contributed by atoms with Gasteiger partial charge in [0, 0.05) is 14.1 Å². The van der Waals surface area contributed by atoms with Crippen molar-refractivity contribution in [1.82, 2.24) is 19.8 Å². The first kappa shape index (κ1) is 45.5. The molecular weight excluding hydrogens is 549 g/mol. The number of nitrogens with one attached hydrogen (secondary N) is 3. The molecule has 0 radical (unpaired) electrons. The van der Waals surface area contributed by atoms with Crippen LogP contribution in [0.3, 0.4) is 0 Å². The van der Waals surface area contributed by atoms with Gasteiger partial charge < -0.3 is 30.4 Å². The quantitative estimate of drug-likeness (QED) is 0.0532. The first-order valence-electron chi connectivity index (χ1n) is 9.51. The summed E-state index contributed by atoms with van der Waals surface area (Å²) >= 11 is 0. The molecule has 2 rings (SSSR count). The SMILES string of the molecule is C.C#C.C#CC.CCOC(=O)/C(OC)=C1\NC(=O)N(C)C1=O.COc1c(C(=O)O)[nH]c(=O)n(C)c1=O.[K+].[NH-]O. The molecule has 0 aliphatic carbocycles. The van der Waals surface area contributed by atoms with Crippen molar-refractivity contribution in [1.29, 1.82) is 0 Å². The average Bonchev–Trinajstić information content (AvgIpc) is 3.13. The zero-order valence-electron chi connectivity index (χ0n) is 21.9. The summed E-state index contributed by atoms with van der Waals surface area (Å²) in [6.07, 6.45) is 12.6. The summed E-state index contributed by atoms with van der Waals surface area (Å²) in [4.78, 5) is 69.8. The fourth-order valence-corrected chi connectivity index (χ4v) is 2.08. The number of aromatic carboxylic acids is 1. The number of carboxylic acids is 1. The van der Waals surface area contributed by atoms with Crippen molar-refractivity contribution < 1.29 is 95.1 Å². The van der Waals surface area contributed by atoms with E-state index in [9.17, 15) is 28.8 Å². The number of nitrogens with zero attached hydrogens (tertiary/aromatic N) is 2. The van der Waals surface area contributed by atoms with E-state index in [0.717, 1.165) is 16.6 Å². The number of carbonyl (C=O) groups excluding carboxylic acids is 3. The third-order valence-electron chi connectivity index (χ3n) is 3.63. The zero-order chi connectivity index (χ0) is 29.9. The van der Waals surface area contributed by atoms with Gasteiger partial charge in [0.15, 0.2) is 11.4 Å². The Bertz CT molecular complexity index is 1160. The van der Waals surface area contributed by atoms with Gasteiger partial charge in [-0.15, -0.1) is 25.2 Å². The molecule has 0 saturated carbocycles. The van der Waals surface area contributed by atoms with E-state index in [-0.39, 0.29) is 82.6 Å². The van der Waals surface area contributed by atoms with Crippen LogP contribution in [0.25, 0.3) is 5.90 Å². The Morgan fingerprint density at radius 1 is 1.10 bits per heavy atom.